The van der Waals surface area contributed by atoms with Gasteiger partial charge >= 0.3 is 0 Å². The van der Waals surface area contributed by atoms with Crippen LogP contribution < -0.4 is 10.2 Å². The molecule has 34 heavy (non-hydrogen) atoms. The first-order valence-electron chi connectivity index (χ1n) is 11.4. The minimum Gasteiger partial charge on any atom is -0.352 e. The van der Waals surface area contributed by atoms with Gasteiger partial charge in [-0.25, -0.2) is 4.98 Å². The van der Waals surface area contributed by atoms with Crippen LogP contribution in [0.5, 0.6) is 0 Å². The van der Waals surface area contributed by atoms with Gasteiger partial charge in [-0.05, 0) is 61.9 Å². The summed E-state index contributed by atoms with van der Waals surface area (Å²) >= 11 is 3.38. The van der Waals surface area contributed by atoms with Gasteiger partial charge in [0.2, 0.25) is 5.91 Å². The zero-order chi connectivity index (χ0) is 23.9. The first kappa shape index (κ1) is 23.7. The number of nitrogens with one attached hydrogen (secondary N) is 1. The average molecular weight is 519 g/mol. The minimum absolute atomic E-state index is 0.0154. The summed E-state index contributed by atoms with van der Waals surface area (Å²) in [6.07, 6.45) is 1.37. The number of aryl methyl sites for hydroxylation is 1. The Morgan fingerprint density at radius 2 is 1.68 bits per heavy atom. The van der Waals surface area contributed by atoms with Crippen LogP contribution in [0.15, 0.2) is 83.3 Å². The lowest BCUT2D eigenvalue weighted by Gasteiger charge is -2.22. The van der Waals surface area contributed by atoms with Crippen LogP contribution in [-0.2, 0) is 17.8 Å². The van der Waals surface area contributed by atoms with Crippen LogP contribution in [-0.4, -0.2) is 34.5 Å². The van der Waals surface area contributed by atoms with Crippen LogP contribution in [0.4, 0.5) is 5.69 Å². The lowest BCUT2D eigenvalue weighted by molar-refractivity contribution is -0.119. The summed E-state index contributed by atoms with van der Waals surface area (Å²) in [5.41, 5.74) is 3.32. The molecule has 0 atom stereocenters. The number of amides is 2. The molecular weight excluding hydrogens is 492 g/mol. The van der Waals surface area contributed by atoms with Crippen molar-refractivity contribution in [2.75, 3.05) is 18.0 Å². The number of nitrogens with zero attached hydrogens (tertiary/aromatic N) is 3. The van der Waals surface area contributed by atoms with E-state index >= 15 is 0 Å². The summed E-state index contributed by atoms with van der Waals surface area (Å²) < 4.78 is 2.94. The molecule has 6 nitrogen and oxygen atoms in total. The Kier molecular flexibility index (Phi) is 7.75. The zero-order valence-electron chi connectivity index (χ0n) is 19.1. The average Bonchev–Trinajstić information content (AvgIpc) is 3.20. The van der Waals surface area contributed by atoms with Gasteiger partial charge in [-0.3, -0.25) is 9.59 Å². The smallest absolute Gasteiger partial charge is 0.251 e. The number of fused-ring (bicyclic) bond motifs is 1. The fourth-order valence-electron chi connectivity index (χ4n) is 3.98. The SMILES string of the molecule is CCN(C(=O)Cn1c(CCCNC(=O)c2ccc(Br)cc2)nc2ccccc21)c1ccccc1. The number of benzene rings is 3. The van der Waals surface area contributed by atoms with E-state index in [1.807, 2.05) is 78.2 Å². The van der Waals surface area contributed by atoms with E-state index < -0.39 is 0 Å². The summed E-state index contributed by atoms with van der Waals surface area (Å²) in [7, 11) is 0. The standard InChI is InChI=1S/C27H27BrN4O2/c1-2-31(22-9-4-3-5-10-22)26(33)19-32-24-12-7-6-11-23(24)30-25(32)13-8-18-29-27(34)20-14-16-21(28)17-15-20/h3-7,9-12,14-17H,2,8,13,18-19H2,1H3,(H,29,34). The van der Waals surface area contributed by atoms with Gasteiger partial charge in [0.15, 0.2) is 0 Å². The monoisotopic (exact) mass is 518 g/mol. The van der Waals surface area contributed by atoms with E-state index in [-0.39, 0.29) is 18.4 Å². The van der Waals surface area contributed by atoms with Crippen molar-refractivity contribution in [1.82, 2.24) is 14.9 Å². The van der Waals surface area contributed by atoms with E-state index in [0.717, 1.165) is 33.4 Å². The molecule has 0 radical (unpaired) electrons. The molecule has 1 heterocycles. The lowest BCUT2D eigenvalue weighted by Crippen LogP contribution is -2.34. The number of aromatic nitrogens is 2. The van der Waals surface area contributed by atoms with Crippen LogP contribution in [0.1, 0.15) is 29.5 Å². The minimum atomic E-state index is -0.0994. The summed E-state index contributed by atoms with van der Waals surface area (Å²) in [5, 5.41) is 2.97. The summed E-state index contributed by atoms with van der Waals surface area (Å²) in [4.78, 5) is 32.2. The molecule has 0 unspecified atom stereocenters. The molecule has 2 amide bonds. The number of hydrogen-bond donors (Lipinski definition) is 1. The van der Waals surface area contributed by atoms with Gasteiger partial charge in [0, 0.05) is 35.2 Å². The molecule has 174 valence electrons. The van der Waals surface area contributed by atoms with Gasteiger partial charge in [-0.2, -0.15) is 0 Å². The van der Waals surface area contributed by atoms with E-state index in [0.29, 0.717) is 25.1 Å². The fourth-order valence-corrected chi connectivity index (χ4v) is 4.24. The molecule has 0 aliphatic carbocycles. The molecule has 1 N–H and O–H groups in total. The van der Waals surface area contributed by atoms with Crippen LogP contribution in [0.3, 0.4) is 0 Å². The molecule has 4 rings (SSSR count). The van der Waals surface area contributed by atoms with Crippen molar-refractivity contribution in [3.05, 3.63) is 94.7 Å². The van der Waals surface area contributed by atoms with Crippen LogP contribution in [0.25, 0.3) is 11.0 Å². The molecule has 0 fully saturated rings. The predicted octanol–water partition coefficient (Wildman–Crippen LogP) is 5.21. The van der Waals surface area contributed by atoms with Gasteiger partial charge in [0.05, 0.1) is 11.0 Å². The third kappa shape index (κ3) is 5.54. The number of rotatable bonds is 9. The third-order valence-corrected chi connectivity index (χ3v) is 6.21. The molecule has 0 saturated heterocycles. The van der Waals surface area contributed by atoms with E-state index in [1.165, 1.54) is 0 Å². The van der Waals surface area contributed by atoms with E-state index in [9.17, 15) is 9.59 Å². The summed E-state index contributed by atoms with van der Waals surface area (Å²) in [6.45, 7) is 3.31. The van der Waals surface area contributed by atoms with Crippen molar-refractivity contribution in [1.29, 1.82) is 0 Å². The molecular formula is C27H27BrN4O2. The first-order valence-corrected chi connectivity index (χ1v) is 12.2. The van der Waals surface area contributed by atoms with E-state index in [1.54, 1.807) is 17.0 Å². The normalized spacial score (nSPS) is 10.9. The van der Waals surface area contributed by atoms with Gasteiger partial charge in [-0.1, -0.05) is 46.3 Å². The number of likely N-dealkylation sites (N-methyl/N-ethyl adjacent to an activating group) is 1. The van der Waals surface area contributed by atoms with Gasteiger partial charge in [0.1, 0.15) is 12.4 Å². The second kappa shape index (κ2) is 11.1. The highest BCUT2D eigenvalue weighted by Gasteiger charge is 2.18. The first-order chi connectivity index (χ1) is 16.6. The van der Waals surface area contributed by atoms with Gasteiger partial charge < -0.3 is 14.8 Å². The molecule has 0 saturated carbocycles. The Morgan fingerprint density at radius 3 is 2.41 bits per heavy atom. The molecule has 0 bridgehead atoms. The van der Waals surface area contributed by atoms with Crippen molar-refractivity contribution in [3.8, 4) is 0 Å². The maximum Gasteiger partial charge on any atom is 0.251 e. The molecule has 3 aromatic carbocycles. The number of para-hydroxylation sites is 3. The van der Waals surface area contributed by atoms with Gasteiger partial charge in [-0.15, -0.1) is 0 Å². The van der Waals surface area contributed by atoms with Crippen molar-refractivity contribution in [2.45, 2.75) is 26.3 Å². The molecule has 0 spiro atoms. The van der Waals surface area contributed by atoms with Crippen molar-refractivity contribution >= 4 is 44.5 Å². The highest BCUT2D eigenvalue weighted by Crippen LogP contribution is 2.19. The Morgan fingerprint density at radius 1 is 0.971 bits per heavy atom. The fraction of sp³-hybridized carbons (Fsp3) is 0.222. The van der Waals surface area contributed by atoms with Crippen LogP contribution in [0, 0.1) is 0 Å². The van der Waals surface area contributed by atoms with Crippen molar-refractivity contribution < 1.29 is 9.59 Å². The number of anilines is 1. The zero-order valence-corrected chi connectivity index (χ0v) is 20.7. The lowest BCUT2D eigenvalue weighted by atomic mass is 10.2. The van der Waals surface area contributed by atoms with E-state index in [2.05, 4.69) is 21.2 Å². The number of imidazole rings is 1. The number of halogens is 1. The highest BCUT2D eigenvalue weighted by atomic mass is 79.9. The van der Waals surface area contributed by atoms with E-state index in [4.69, 9.17) is 4.98 Å². The number of carbonyl (C=O) groups is 2. The maximum atomic E-state index is 13.3. The topological polar surface area (TPSA) is 67.2 Å². The molecule has 0 aliphatic rings. The maximum absolute atomic E-state index is 13.3. The summed E-state index contributed by atoms with van der Waals surface area (Å²) in [6, 6.07) is 24.9. The second-order valence-electron chi connectivity index (χ2n) is 7.94. The number of carbonyl (C=O) groups excluding carboxylic acids is 2. The Hall–Kier alpha value is -3.45. The molecule has 7 heteroatoms. The number of hydrogen-bond acceptors (Lipinski definition) is 3. The van der Waals surface area contributed by atoms with Crippen LogP contribution in [0.2, 0.25) is 0 Å². The quantitative estimate of drug-likeness (QED) is 0.309. The molecule has 4 aromatic rings. The third-order valence-electron chi connectivity index (χ3n) is 5.68. The predicted molar refractivity (Wildman–Crippen MR) is 139 cm³/mol. The van der Waals surface area contributed by atoms with Crippen LogP contribution >= 0.6 is 15.9 Å². The molecule has 0 aliphatic heterocycles. The molecule has 1 aromatic heterocycles. The Labute approximate surface area is 207 Å². The largest absolute Gasteiger partial charge is 0.352 e. The highest BCUT2D eigenvalue weighted by molar-refractivity contribution is 9.10. The van der Waals surface area contributed by atoms with Crippen molar-refractivity contribution in [2.24, 2.45) is 0 Å². The Balaban J connectivity index is 1.45. The summed E-state index contributed by atoms with van der Waals surface area (Å²) in [5.74, 6) is 0.760. The Bertz CT molecular complexity index is 1270. The van der Waals surface area contributed by atoms with Crippen molar-refractivity contribution in [3.63, 3.8) is 0 Å². The second-order valence-corrected chi connectivity index (χ2v) is 8.86. The van der Waals surface area contributed by atoms with Gasteiger partial charge in [0.25, 0.3) is 5.91 Å².